The maximum atomic E-state index is 10.2. The van der Waals surface area contributed by atoms with Gasteiger partial charge >= 0.3 is 0 Å². The van der Waals surface area contributed by atoms with E-state index in [1.54, 1.807) is 6.92 Å². The lowest BCUT2D eigenvalue weighted by Gasteiger charge is -2.25. The van der Waals surface area contributed by atoms with Gasteiger partial charge in [0.05, 0.1) is 23.2 Å². The average molecular weight is 274 g/mol. The Balaban J connectivity index is 1.93. The number of aliphatic hydroxyl groups is 1. The van der Waals surface area contributed by atoms with Gasteiger partial charge in [-0.25, -0.2) is 4.98 Å². The van der Waals surface area contributed by atoms with Crippen molar-refractivity contribution < 1.29 is 14.6 Å². The summed E-state index contributed by atoms with van der Waals surface area (Å²) in [6.45, 7) is 5.59. The Morgan fingerprint density at radius 2 is 2.05 bits per heavy atom. The monoisotopic (exact) mass is 274 g/mol. The summed E-state index contributed by atoms with van der Waals surface area (Å²) in [7, 11) is 0. The fourth-order valence-corrected chi connectivity index (χ4v) is 3.45. The predicted molar refractivity (Wildman–Crippen MR) is 73.2 cm³/mol. The highest BCUT2D eigenvalue weighted by molar-refractivity contribution is 5.76. The third kappa shape index (κ3) is 1.51. The molecule has 0 spiro atoms. The van der Waals surface area contributed by atoms with Crippen LogP contribution in [0.5, 0.6) is 0 Å². The molecule has 1 N–H and O–H groups in total. The minimum Gasteiger partial charge on any atom is -0.391 e. The van der Waals surface area contributed by atoms with Gasteiger partial charge in [-0.3, -0.25) is 0 Å². The summed E-state index contributed by atoms with van der Waals surface area (Å²) < 4.78 is 14.1. The van der Waals surface area contributed by atoms with E-state index in [-0.39, 0.29) is 18.2 Å². The molecular formula is C15H18N2O3. The molecule has 5 heteroatoms. The first-order valence-electron chi connectivity index (χ1n) is 6.98. The van der Waals surface area contributed by atoms with Crippen LogP contribution in [0.2, 0.25) is 0 Å². The molecule has 2 aliphatic heterocycles. The number of hydrogen-bond donors (Lipinski definition) is 1. The average Bonchev–Trinajstić information content (AvgIpc) is 2.95. The van der Waals surface area contributed by atoms with Crippen LogP contribution in [0.1, 0.15) is 38.7 Å². The van der Waals surface area contributed by atoms with Gasteiger partial charge in [0, 0.05) is 0 Å². The summed E-state index contributed by atoms with van der Waals surface area (Å²) in [6, 6.07) is 7.79. The second-order valence-corrected chi connectivity index (χ2v) is 6.08. The Morgan fingerprint density at radius 3 is 2.80 bits per heavy atom. The fourth-order valence-electron chi connectivity index (χ4n) is 3.45. The Hall–Kier alpha value is -1.43. The Kier molecular flexibility index (Phi) is 2.35. The normalized spacial score (nSPS) is 32.3. The van der Waals surface area contributed by atoms with Crippen molar-refractivity contribution in [3.63, 3.8) is 0 Å². The number of hydrogen-bond acceptors (Lipinski definition) is 4. The number of para-hydroxylation sites is 2. The number of ether oxygens (including phenoxy) is 2. The molecule has 1 aromatic carbocycles. The van der Waals surface area contributed by atoms with Crippen molar-refractivity contribution in [3.05, 3.63) is 30.1 Å². The third-order valence-corrected chi connectivity index (χ3v) is 4.14. The summed E-state index contributed by atoms with van der Waals surface area (Å²) in [6.07, 6.45) is -0.923. The van der Waals surface area contributed by atoms with E-state index in [9.17, 15) is 5.11 Å². The molecule has 0 radical (unpaired) electrons. The molecule has 4 atom stereocenters. The first-order valence-corrected chi connectivity index (χ1v) is 6.98. The van der Waals surface area contributed by atoms with Crippen LogP contribution >= 0.6 is 0 Å². The number of benzene rings is 1. The van der Waals surface area contributed by atoms with Gasteiger partial charge in [-0.2, -0.15) is 0 Å². The van der Waals surface area contributed by atoms with E-state index in [0.29, 0.717) is 0 Å². The maximum Gasteiger partial charge on any atom is 0.164 e. The molecule has 1 saturated heterocycles. The zero-order valence-corrected chi connectivity index (χ0v) is 11.8. The van der Waals surface area contributed by atoms with Gasteiger partial charge in [0.15, 0.2) is 5.79 Å². The van der Waals surface area contributed by atoms with Gasteiger partial charge in [-0.1, -0.05) is 12.1 Å². The quantitative estimate of drug-likeness (QED) is 0.866. The SMILES string of the molecule is C[C@H](O)[C@@H]1[C@H]2OC(C)(C)O[C@H]2c2nc3ccccc3n21. The molecule has 0 unspecified atom stereocenters. The minimum absolute atomic E-state index is 0.163. The van der Waals surface area contributed by atoms with Crippen LogP contribution in [0.4, 0.5) is 0 Å². The first-order chi connectivity index (χ1) is 9.48. The van der Waals surface area contributed by atoms with E-state index in [1.165, 1.54) is 0 Å². The summed E-state index contributed by atoms with van der Waals surface area (Å²) in [4.78, 5) is 4.68. The van der Waals surface area contributed by atoms with E-state index in [4.69, 9.17) is 9.47 Å². The number of aromatic nitrogens is 2. The molecule has 20 heavy (non-hydrogen) atoms. The van der Waals surface area contributed by atoms with Crippen molar-refractivity contribution in [2.75, 3.05) is 0 Å². The van der Waals surface area contributed by atoms with Crippen LogP contribution in [0, 0.1) is 0 Å². The van der Waals surface area contributed by atoms with E-state index >= 15 is 0 Å². The molecule has 5 nitrogen and oxygen atoms in total. The molecular weight excluding hydrogens is 256 g/mol. The van der Waals surface area contributed by atoms with Gasteiger partial charge in [-0.05, 0) is 32.9 Å². The second-order valence-electron chi connectivity index (χ2n) is 6.08. The summed E-state index contributed by atoms with van der Waals surface area (Å²) in [5.74, 6) is 0.221. The third-order valence-electron chi connectivity index (χ3n) is 4.14. The zero-order valence-electron chi connectivity index (χ0n) is 11.8. The smallest absolute Gasteiger partial charge is 0.164 e. The molecule has 0 amide bonds. The highest BCUT2D eigenvalue weighted by Gasteiger charge is 2.55. The topological polar surface area (TPSA) is 56.5 Å². The molecule has 3 heterocycles. The molecule has 106 valence electrons. The van der Waals surface area contributed by atoms with Crippen molar-refractivity contribution in [1.29, 1.82) is 0 Å². The van der Waals surface area contributed by atoms with Gasteiger partial charge in [0.25, 0.3) is 0 Å². The second kappa shape index (κ2) is 3.81. The molecule has 2 aliphatic rings. The Labute approximate surface area is 117 Å². The van der Waals surface area contributed by atoms with E-state index in [2.05, 4.69) is 9.55 Å². The fraction of sp³-hybridized carbons (Fsp3) is 0.533. The van der Waals surface area contributed by atoms with Crippen LogP contribution in [0.3, 0.4) is 0 Å². The number of aliphatic hydroxyl groups excluding tert-OH is 1. The lowest BCUT2D eigenvalue weighted by Crippen LogP contribution is -2.32. The van der Waals surface area contributed by atoms with Gasteiger partial charge in [0.2, 0.25) is 0 Å². The van der Waals surface area contributed by atoms with E-state index in [1.807, 2.05) is 38.1 Å². The van der Waals surface area contributed by atoms with Gasteiger partial charge in [-0.15, -0.1) is 0 Å². The number of fused-ring (bicyclic) bond motifs is 5. The van der Waals surface area contributed by atoms with Crippen LogP contribution in [0.25, 0.3) is 11.0 Å². The largest absolute Gasteiger partial charge is 0.391 e. The Bertz CT molecular complexity index is 677. The summed E-state index contributed by atoms with van der Waals surface area (Å²) in [5, 5.41) is 10.2. The number of rotatable bonds is 1. The number of nitrogens with zero attached hydrogens (tertiary/aromatic N) is 2. The summed E-state index contributed by atoms with van der Waals surface area (Å²) in [5.41, 5.74) is 1.95. The van der Waals surface area contributed by atoms with Crippen molar-refractivity contribution in [1.82, 2.24) is 9.55 Å². The van der Waals surface area contributed by atoms with Gasteiger partial charge in [0.1, 0.15) is 18.0 Å². The highest BCUT2D eigenvalue weighted by atomic mass is 16.8. The molecule has 1 fully saturated rings. The van der Waals surface area contributed by atoms with E-state index in [0.717, 1.165) is 16.9 Å². The maximum absolute atomic E-state index is 10.2. The molecule has 4 rings (SSSR count). The molecule has 2 aromatic rings. The minimum atomic E-state index is -0.633. The van der Waals surface area contributed by atoms with Crippen molar-refractivity contribution in [2.45, 2.75) is 50.9 Å². The van der Waals surface area contributed by atoms with Crippen LogP contribution in [-0.4, -0.2) is 32.7 Å². The lowest BCUT2D eigenvalue weighted by atomic mass is 10.1. The summed E-state index contributed by atoms with van der Waals surface area (Å²) >= 11 is 0. The predicted octanol–water partition coefficient (Wildman–Crippen LogP) is 2.16. The van der Waals surface area contributed by atoms with Crippen LogP contribution in [-0.2, 0) is 9.47 Å². The van der Waals surface area contributed by atoms with Crippen molar-refractivity contribution >= 4 is 11.0 Å². The van der Waals surface area contributed by atoms with E-state index < -0.39 is 11.9 Å². The molecule has 1 aromatic heterocycles. The van der Waals surface area contributed by atoms with Gasteiger partial charge < -0.3 is 19.1 Å². The highest BCUT2D eigenvalue weighted by Crippen LogP contribution is 2.50. The van der Waals surface area contributed by atoms with Crippen LogP contribution < -0.4 is 0 Å². The zero-order chi connectivity index (χ0) is 14.1. The Morgan fingerprint density at radius 1 is 1.30 bits per heavy atom. The molecule has 0 aliphatic carbocycles. The first kappa shape index (κ1) is 12.3. The van der Waals surface area contributed by atoms with Crippen molar-refractivity contribution in [2.24, 2.45) is 0 Å². The van der Waals surface area contributed by atoms with Crippen molar-refractivity contribution in [3.8, 4) is 0 Å². The molecule has 0 saturated carbocycles. The lowest BCUT2D eigenvalue weighted by molar-refractivity contribution is -0.157. The standard InChI is InChI=1S/C15H18N2O3/c1-8(18)11-12-13(20-15(2,3)19-12)14-16-9-6-4-5-7-10(9)17(11)14/h4-8,11-13,18H,1-3H3/t8-,11+,12+,13+/m0/s1. The molecule has 0 bridgehead atoms. The van der Waals surface area contributed by atoms with Crippen LogP contribution in [0.15, 0.2) is 24.3 Å². The number of imidazole rings is 1.